The third-order valence-corrected chi connectivity index (χ3v) is 4.53. The molecule has 64 valence electrons. The molecule has 0 amide bonds. The normalized spacial score (nSPS) is 53.5. The summed E-state index contributed by atoms with van der Waals surface area (Å²) in [4.78, 5) is 0. The average Bonchev–Trinajstić information content (AvgIpc) is 2.18. The predicted octanol–water partition coefficient (Wildman–Crippen LogP) is 3.13. The molecule has 0 aromatic rings. The van der Waals surface area contributed by atoms with E-state index in [1.165, 1.54) is 19.3 Å². The first-order valence-corrected chi connectivity index (χ1v) is 5.09. The minimum atomic E-state index is 0.361. The molecule has 0 spiro atoms. The SMILES string of the molecule is CC1(C)CC2CC1CC2(C)S. The zero-order valence-electron chi connectivity index (χ0n) is 7.72. The van der Waals surface area contributed by atoms with Gasteiger partial charge in [-0.25, -0.2) is 0 Å². The highest BCUT2D eigenvalue weighted by Crippen LogP contribution is 2.61. The van der Waals surface area contributed by atoms with Gasteiger partial charge in [-0.3, -0.25) is 0 Å². The summed E-state index contributed by atoms with van der Waals surface area (Å²) < 4.78 is 0.361. The highest BCUT2D eigenvalue weighted by Gasteiger charge is 2.54. The number of hydrogen-bond acceptors (Lipinski definition) is 1. The molecule has 2 fully saturated rings. The maximum absolute atomic E-state index is 4.73. The molecule has 2 rings (SSSR count). The van der Waals surface area contributed by atoms with E-state index in [1.54, 1.807) is 0 Å². The molecule has 3 unspecified atom stereocenters. The molecular formula is C10H18S. The van der Waals surface area contributed by atoms with Gasteiger partial charge in [0.1, 0.15) is 0 Å². The van der Waals surface area contributed by atoms with Crippen LogP contribution in [-0.4, -0.2) is 4.75 Å². The molecule has 2 bridgehead atoms. The van der Waals surface area contributed by atoms with Crippen molar-refractivity contribution in [1.82, 2.24) is 0 Å². The summed E-state index contributed by atoms with van der Waals surface area (Å²) in [6, 6.07) is 0. The first kappa shape index (κ1) is 7.97. The Bertz CT molecular complexity index is 161. The summed E-state index contributed by atoms with van der Waals surface area (Å²) in [6.45, 7) is 7.15. The van der Waals surface area contributed by atoms with E-state index in [4.69, 9.17) is 12.6 Å². The quantitative estimate of drug-likeness (QED) is 0.531. The van der Waals surface area contributed by atoms with E-state index in [2.05, 4.69) is 20.8 Å². The Labute approximate surface area is 75.2 Å². The molecule has 0 saturated heterocycles. The van der Waals surface area contributed by atoms with E-state index in [0.717, 1.165) is 11.8 Å². The Kier molecular flexibility index (Phi) is 1.44. The Morgan fingerprint density at radius 1 is 1.09 bits per heavy atom. The van der Waals surface area contributed by atoms with Crippen LogP contribution in [0, 0.1) is 17.3 Å². The number of hydrogen-bond donors (Lipinski definition) is 1. The van der Waals surface area contributed by atoms with Crippen LogP contribution in [0.1, 0.15) is 40.0 Å². The van der Waals surface area contributed by atoms with Gasteiger partial charge in [-0.05, 0) is 36.5 Å². The van der Waals surface area contributed by atoms with Gasteiger partial charge in [0.15, 0.2) is 0 Å². The standard InChI is InChI=1S/C10H18S/c1-9(2)5-8-4-7(9)6-10(8,3)11/h7-8,11H,4-6H2,1-3H3. The van der Waals surface area contributed by atoms with E-state index in [0.29, 0.717) is 10.2 Å². The maximum atomic E-state index is 4.73. The molecule has 11 heavy (non-hydrogen) atoms. The molecule has 0 nitrogen and oxygen atoms in total. The molecule has 0 aromatic carbocycles. The van der Waals surface area contributed by atoms with Crippen LogP contribution in [0.25, 0.3) is 0 Å². The zero-order valence-corrected chi connectivity index (χ0v) is 8.62. The first-order valence-electron chi connectivity index (χ1n) is 4.64. The van der Waals surface area contributed by atoms with E-state index in [-0.39, 0.29) is 0 Å². The second-order valence-corrected chi connectivity index (χ2v) is 6.41. The second kappa shape index (κ2) is 1.99. The molecule has 0 aromatic heterocycles. The van der Waals surface area contributed by atoms with Crippen molar-refractivity contribution in [3.8, 4) is 0 Å². The van der Waals surface area contributed by atoms with Crippen LogP contribution in [0.2, 0.25) is 0 Å². The molecule has 0 aliphatic heterocycles. The molecule has 0 radical (unpaired) electrons. The fraction of sp³-hybridized carbons (Fsp3) is 1.00. The number of fused-ring (bicyclic) bond motifs is 2. The van der Waals surface area contributed by atoms with Crippen molar-refractivity contribution in [2.75, 3.05) is 0 Å². The molecule has 0 heterocycles. The predicted molar refractivity (Wildman–Crippen MR) is 52.0 cm³/mol. The third kappa shape index (κ3) is 1.04. The van der Waals surface area contributed by atoms with Crippen molar-refractivity contribution in [2.45, 2.75) is 44.8 Å². The Morgan fingerprint density at radius 2 is 1.73 bits per heavy atom. The van der Waals surface area contributed by atoms with Crippen LogP contribution in [0.3, 0.4) is 0 Å². The summed E-state index contributed by atoms with van der Waals surface area (Å²) in [5.74, 6) is 1.85. The lowest BCUT2D eigenvalue weighted by atomic mass is 9.73. The monoisotopic (exact) mass is 170 g/mol. The van der Waals surface area contributed by atoms with Crippen LogP contribution >= 0.6 is 12.6 Å². The maximum Gasteiger partial charge on any atom is 0.0133 e. The minimum absolute atomic E-state index is 0.361. The highest BCUT2D eigenvalue weighted by atomic mass is 32.1. The smallest absolute Gasteiger partial charge is 0.0133 e. The van der Waals surface area contributed by atoms with E-state index in [1.807, 2.05) is 0 Å². The lowest BCUT2D eigenvalue weighted by Crippen LogP contribution is -2.32. The molecule has 1 heteroatoms. The van der Waals surface area contributed by atoms with Gasteiger partial charge < -0.3 is 0 Å². The van der Waals surface area contributed by atoms with E-state index >= 15 is 0 Å². The third-order valence-electron chi connectivity index (χ3n) is 3.99. The van der Waals surface area contributed by atoms with Crippen molar-refractivity contribution in [1.29, 1.82) is 0 Å². The van der Waals surface area contributed by atoms with Crippen LogP contribution in [0.5, 0.6) is 0 Å². The summed E-state index contributed by atoms with van der Waals surface area (Å²) in [7, 11) is 0. The van der Waals surface area contributed by atoms with Crippen molar-refractivity contribution < 1.29 is 0 Å². The van der Waals surface area contributed by atoms with Gasteiger partial charge >= 0.3 is 0 Å². The fourth-order valence-corrected chi connectivity index (χ4v) is 3.46. The Morgan fingerprint density at radius 3 is 2.00 bits per heavy atom. The first-order chi connectivity index (χ1) is 4.92. The van der Waals surface area contributed by atoms with Gasteiger partial charge in [0, 0.05) is 4.75 Å². The largest absolute Gasteiger partial charge is 0.172 e. The number of rotatable bonds is 0. The van der Waals surface area contributed by atoms with Crippen LogP contribution < -0.4 is 0 Å². The van der Waals surface area contributed by atoms with Crippen molar-refractivity contribution in [2.24, 2.45) is 17.3 Å². The summed E-state index contributed by atoms with van der Waals surface area (Å²) >= 11 is 4.73. The summed E-state index contributed by atoms with van der Waals surface area (Å²) in [5.41, 5.74) is 0.618. The van der Waals surface area contributed by atoms with Crippen LogP contribution in [0.15, 0.2) is 0 Å². The zero-order chi connectivity index (χ0) is 8.28. The van der Waals surface area contributed by atoms with E-state index < -0.39 is 0 Å². The van der Waals surface area contributed by atoms with Crippen molar-refractivity contribution in [3.05, 3.63) is 0 Å². The molecule has 2 aliphatic rings. The molecule has 2 aliphatic carbocycles. The van der Waals surface area contributed by atoms with Gasteiger partial charge in [0.05, 0.1) is 0 Å². The van der Waals surface area contributed by atoms with Gasteiger partial charge in [-0.1, -0.05) is 20.8 Å². The highest BCUT2D eigenvalue weighted by molar-refractivity contribution is 7.81. The van der Waals surface area contributed by atoms with Gasteiger partial charge in [0.2, 0.25) is 0 Å². The minimum Gasteiger partial charge on any atom is -0.172 e. The Hall–Kier alpha value is 0.350. The molecular weight excluding hydrogens is 152 g/mol. The van der Waals surface area contributed by atoms with Crippen molar-refractivity contribution >= 4 is 12.6 Å². The average molecular weight is 170 g/mol. The van der Waals surface area contributed by atoms with Gasteiger partial charge in [-0.2, -0.15) is 12.6 Å². The van der Waals surface area contributed by atoms with Gasteiger partial charge in [-0.15, -0.1) is 0 Å². The lowest BCUT2D eigenvalue weighted by molar-refractivity contribution is 0.196. The lowest BCUT2D eigenvalue weighted by Gasteiger charge is -2.37. The van der Waals surface area contributed by atoms with Crippen LogP contribution in [0.4, 0.5) is 0 Å². The fourth-order valence-electron chi connectivity index (χ4n) is 3.05. The van der Waals surface area contributed by atoms with Crippen molar-refractivity contribution in [3.63, 3.8) is 0 Å². The van der Waals surface area contributed by atoms with Gasteiger partial charge in [0.25, 0.3) is 0 Å². The summed E-state index contributed by atoms with van der Waals surface area (Å²) in [6.07, 6.45) is 4.18. The second-order valence-electron chi connectivity index (χ2n) is 5.38. The molecule has 2 saturated carbocycles. The summed E-state index contributed by atoms with van der Waals surface area (Å²) in [5, 5.41) is 0. The van der Waals surface area contributed by atoms with E-state index in [9.17, 15) is 0 Å². The van der Waals surface area contributed by atoms with Crippen LogP contribution in [-0.2, 0) is 0 Å². The topological polar surface area (TPSA) is 0 Å². The Balaban J connectivity index is 2.21. The number of thiol groups is 1. The molecule has 3 atom stereocenters. The molecule has 0 N–H and O–H groups in total.